The number of rotatable bonds is 3. The van der Waals surface area contributed by atoms with E-state index in [4.69, 9.17) is 0 Å². The normalized spacial score (nSPS) is 24.4. The third-order valence-electron chi connectivity index (χ3n) is 3.52. The van der Waals surface area contributed by atoms with Crippen LogP contribution >= 0.6 is 0 Å². The summed E-state index contributed by atoms with van der Waals surface area (Å²) in [5.74, 6) is 0. The van der Waals surface area contributed by atoms with Crippen molar-refractivity contribution in [2.75, 3.05) is 19.0 Å². The number of benzene rings is 1. The lowest BCUT2D eigenvalue weighted by atomic mass is 9.93. The predicted octanol–water partition coefficient (Wildman–Crippen LogP) is 2.48. The number of aliphatic hydroxyl groups is 1. The highest BCUT2D eigenvalue weighted by Gasteiger charge is 2.21. The summed E-state index contributed by atoms with van der Waals surface area (Å²) in [5.41, 5.74) is 2.28. The van der Waals surface area contributed by atoms with E-state index in [1.807, 2.05) is 20.3 Å². The molecule has 0 aromatic heterocycles. The van der Waals surface area contributed by atoms with Crippen molar-refractivity contribution < 1.29 is 5.11 Å². The van der Waals surface area contributed by atoms with Crippen LogP contribution in [0.4, 0.5) is 5.69 Å². The second-order valence-corrected chi connectivity index (χ2v) is 5.18. The van der Waals surface area contributed by atoms with Gasteiger partial charge in [-0.25, -0.2) is 0 Å². The Hall–Kier alpha value is -1.35. The van der Waals surface area contributed by atoms with Gasteiger partial charge >= 0.3 is 0 Å². The van der Waals surface area contributed by atoms with Gasteiger partial charge in [-0.3, -0.25) is 4.99 Å². The molecule has 98 valence electrons. The van der Waals surface area contributed by atoms with Crippen LogP contribution < -0.4 is 4.90 Å². The zero-order valence-electron chi connectivity index (χ0n) is 11.2. The van der Waals surface area contributed by atoms with Crippen LogP contribution in [0.5, 0.6) is 0 Å². The Labute approximate surface area is 109 Å². The van der Waals surface area contributed by atoms with Crippen LogP contribution in [0.15, 0.2) is 29.3 Å². The summed E-state index contributed by atoms with van der Waals surface area (Å²) in [7, 11) is 4.06. The van der Waals surface area contributed by atoms with Crippen molar-refractivity contribution in [3.63, 3.8) is 0 Å². The average molecular weight is 246 g/mol. The van der Waals surface area contributed by atoms with E-state index in [-0.39, 0.29) is 12.1 Å². The first-order chi connectivity index (χ1) is 8.66. The SMILES string of the molecule is CN(C)c1ccc(C=N[C@@H]2CCCC[C@H]2O)cc1. The Kier molecular flexibility index (Phi) is 4.37. The van der Waals surface area contributed by atoms with Gasteiger partial charge in [-0.2, -0.15) is 0 Å². The van der Waals surface area contributed by atoms with E-state index in [2.05, 4.69) is 34.2 Å². The molecule has 18 heavy (non-hydrogen) atoms. The molecule has 1 aromatic rings. The molecule has 1 fully saturated rings. The molecule has 0 spiro atoms. The minimum Gasteiger partial charge on any atom is -0.391 e. The highest BCUT2D eigenvalue weighted by molar-refractivity contribution is 5.80. The lowest BCUT2D eigenvalue weighted by Gasteiger charge is -2.23. The van der Waals surface area contributed by atoms with E-state index < -0.39 is 0 Å². The summed E-state index contributed by atoms with van der Waals surface area (Å²) in [4.78, 5) is 6.60. The quantitative estimate of drug-likeness (QED) is 0.832. The second-order valence-electron chi connectivity index (χ2n) is 5.18. The van der Waals surface area contributed by atoms with Gasteiger partial charge in [-0.1, -0.05) is 25.0 Å². The number of aliphatic hydroxyl groups excluding tert-OH is 1. The molecule has 0 bridgehead atoms. The molecule has 1 aliphatic rings. The van der Waals surface area contributed by atoms with Crippen molar-refractivity contribution in [2.24, 2.45) is 4.99 Å². The first kappa shape index (κ1) is 13.1. The molecule has 0 amide bonds. The molecular formula is C15H22N2O. The van der Waals surface area contributed by atoms with Gasteiger partial charge < -0.3 is 10.0 Å². The fourth-order valence-electron chi connectivity index (χ4n) is 2.31. The molecule has 0 aliphatic heterocycles. The minimum absolute atomic E-state index is 0.0901. The number of nitrogens with zero attached hydrogens (tertiary/aromatic N) is 2. The Bertz CT molecular complexity index is 397. The van der Waals surface area contributed by atoms with Crippen molar-refractivity contribution >= 4 is 11.9 Å². The summed E-state index contributed by atoms with van der Waals surface area (Å²) < 4.78 is 0. The van der Waals surface area contributed by atoms with Crippen LogP contribution in [0.1, 0.15) is 31.2 Å². The molecular weight excluding hydrogens is 224 g/mol. The fourth-order valence-corrected chi connectivity index (χ4v) is 2.31. The topological polar surface area (TPSA) is 35.8 Å². The Morgan fingerprint density at radius 2 is 1.83 bits per heavy atom. The van der Waals surface area contributed by atoms with Gasteiger partial charge in [-0.05, 0) is 30.5 Å². The van der Waals surface area contributed by atoms with Gasteiger partial charge in [0.05, 0.1) is 12.1 Å². The highest BCUT2D eigenvalue weighted by atomic mass is 16.3. The summed E-state index contributed by atoms with van der Waals surface area (Å²) in [6.07, 6.45) is 5.84. The van der Waals surface area contributed by atoms with E-state index >= 15 is 0 Å². The standard InChI is InChI=1S/C15H22N2O/c1-17(2)13-9-7-12(8-10-13)11-16-14-5-3-4-6-15(14)18/h7-11,14-15,18H,3-6H2,1-2H3/t14-,15-/m1/s1. The highest BCUT2D eigenvalue weighted by Crippen LogP contribution is 2.21. The fraction of sp³-hybridized carbons (Fsp3) is 0.533. The lowest BCUT2D eigenvalue weighted by molar-refractivity contribution is 0.110. The molecule has 0 heterocycles. The maximum Gasteiger partial charge on any atom is 0.0763 e. The average Bonchev–Trinajstić information content (AvgIpc) is 2.38. The molecule has 2 rings (SSSR count). The maximum atomic E-state index is 9.84. The van der Waals surface area contributed by atoms with Crippen molar-refractivity contribution in [1.82, 2.24) is 0 Å². The predicted molar refractivity (Wildman–Crippen MR) is 76.6 cm³/mol. The molecule has 1 aliphatic carbocycles. The van der Waals surface area contributed by atoms with Crippen LogP contribution in [-0.2, 0) is 0 Å². The third-order valence-corrected chi connectivity index (χ3v) is 3.52. The van der Waals surface area contributed by atoms with Crippen molar-refractivity contribution in [3.8, 4) is 0 Å². The molecule has 0 unspecified atom stereocenters. The Morgan fingerprint density at radius 1 is 1.17 bits per heavy atom. The van der Waals surface area contributed by atoms with Crippen molar-refractivity contribution in [3.05, 3.63) is 29.8 Å². The molecule has 1 N–H and O–H groups in total. The number of hydrogen-bond acceptors (Lipinski definition) is 3. The van der Waals surface area contributed by atoms with Crippen LogP contribution in [0.25, 0.3) is 0 Å². The van der Waals surface area contributed by atoms with Crippen molar-refractivity contribution in [2.45, 2.75) is 37.8 Å². The van der Waals surface area contributed by atoms with Gasteiger partial charge in [0, 0.05) is 26.0 Å². The second kappa shape index (κ2) is 6.01. The van der Waals surface area contributed by atoms with Gasteiger partial charge in [0.1, 0.15) is 0 Å². The van der Waals surface area contributed by atoms with E-state index in [0.717, 1.165) is 24.8 Å². The van der Waals surface area contributed by atoms with Gasteiger partial charge in [-0.15, -0.1) is 0 Å². The maximum absolute atomic E-state index is 9.84. The van der Waals surface area contributed by atoms with Crippen LogP contribution in [-0.4, -0.2) is 37.6 Å². The van der Waals surface area contributed by atoms with Crippen LogP contribution in [0, 0.1) is 0 Å². The summed E-state index contributed by atoms with van der Waals surface area (Å²) in [5, 5.41) is 9.84. The number of hydrogen-bond donors (Lipinski definition) is 1. The molecule has 2 atom stereocenters. The molecule has 0 saturated heterocycles. The van der Waals surface area contributed by atoms with E-state index in [1.54, 1.807) is 0 Å². The molecule has 1 saturated carbocycles. The van der Waals surface area contributed by atoms with Crippen LogP contribution in [0.2, 0.25) is 0 Å². The van der Waals surface area contributed by atoms with Crippen molar-refractivity contribution in [1.29, 1.82) is 0 Å². The first-order valence-electron chi connectivity index (χ1n) is 6.65. The largest absolute Gasteiger partial charge is 0.391 e. The zero-order chi connectivity index (χ0) is 13.0. The molecule has 3 heteroatoms. The van der Waals surface area contributed by atoms with Gasteiger partial charge in [0.25, 0.3) is 0 Å². The van der Waals surface area contributed by atoms with Gasteiger partial charge in [0.15, 0.2) is 0 Å². The smallest absolute Gasteiger partial charge is 0.0763 e. The number of aliphatic imine (C=N–C) groups is 1. The lowest BCUT2D eigenvalue weighted by Crippen LogP contribution is -2.28. The monoisotopic (exact) mass is 246 g/mol. The van der Waals surface area contributed by atoms with E-state index in [1.165, 1.54) is 12.1 Å². The van der Waals surface area contributed by atoms with E-state index in [0.29, 0.717) is 0 Å². The zero-order valence-corrected chi connectivity index (χ0v) is 11.2. The summed E-state index contributed by atoms with van der Waals surface area (Å²) in [6, 6.07) is 8.38. The van der Waals surface area contributed by atoms with Crippen LogP contribution in [0.3, 0.4) is 0 Å². The molecule has 0 radical (unpaired) electrons. The van der Waals surface area contributed by atoms with Gasteiger partial charge in [0.2, 0.25) is 0 Å². The van der Waals surface area contributed by atoms with E-state index in [9.17, 15) is 5.11 Å². The Morgan fingerprint density at radius 3 is 2.44 bits per heavy atom. The third kappa shape index (κ3) is 3.33. The number of anilines is 1. The first-order valence-corrected chi connectivity index (χ1v) is 6.65. The molecule has 1 aromatic carbocycles. The summed E-state index contributed by atoms with van der Waals surface area (Å²) >= 11 is 0. The summed E-state index contributed by atoms with van der Waals surface area (Å²) in [6.45, 7) is 0. The Balaban J connectivity index is 1.99. The minimum atomic E-state index is -0.254. The molecule has 3 nitrogen and oxygen atoms in total.